The topological polar surface area (TPSA) is 42.2 Å². The molecule has 3 nitrogen and oxygen atoms in total. The molecule has 2 aromatic heterocycles. The summed E-state index contributed by atoms with van der Waals surface area (Å²) in [5.74, 6) is 5.90. The molecule has 100 valence electrons. The number of aliphatic hydroxyl groups excluding tert-OH is 1. The standard InChI is InChI=1S/C14H15NO2S2/c1-10-11(2)19-14(17)15(10)8-13-7-12(9-18-13)5-3-4-6-16/h7,9,16H,4,6,8H2,1-2H3. The quantitative estimate of drug-likeness (QED) is 0.883. The van der Waals surface area contributed by atoms with Gasteiger partial charge in [-0.2, -0.15) is 0 Å². The van der Waals surface area contributed by atoms with Crippen LogP contribution >= 0.6 is 22.7 Å². The van der Waals surface area contributed by atoms with Crippen LogP contribution in [-0.2, 0) is 6.54 Å². The number of hydrogen-bond donors (Lipinski definition) is 1. The first kappa shape index (κ1) is 14.1. The van der Waals surface area contributed by atoms with E-state index in [0.29, 0.717) is 13.0 Å². The third kappa shape index (κ3) is 3.35. The van der Waals surface area contributed by atoms with Crippen LogP contribution in [0.25, 0.3) is 0 Å². The van der Waals surface area contributed by atoms with Crippen LogP contribution in [0.3, 0.4) is 0 Å². The number of hydrogen-bond acceptors (Lipinski definition) is 4. The van der Waals surface area contributed by atoms with Gasteiger partial charge in [-0.1, -0.05) is 23.2 Å². The number of thiazole rings is 1. The maximum absolute atomic E-state index is 11.8. The van der Waals surface area contributed by atoms with E-state index in [2.05, 4.69) is 11.8 Å². The fourth-order valence-corrected chi connectivity index (χ4v) is 3.31. The van der Waals surface area contributed by atoms with E-state index in [4.69, 9.17) is 5.11 Å². The van der Waals surface area contributed by atoms with E-state index in [-0.39, 0.29) is 11.5 Å². The van der Waals surface area contributed by atoms with Crippen molar-refractivity contribution in [2.24, 2.45) is 0 Å². The highest BCUT2D eigenvalue weighted by Crippen LogP contribution is 2.17. The maximum Gasteiger partial charge on any atom is 0.307 e. The van der Waals surface area contributed by atoms with Crippen molar-refractivity contribution in [3.05, 3.63) is 42.1 Å². The molecule has 0 aliphatic heterocycles. The molecule has 0 fully saturated rings. The van der Waals surface area contributed by atoms with Crippen molar-refractivity contribution in [2.45, 2.75) is 26.8 Å². The average molecular weight is 293 g/mol. The van der Waals surface area contributed by atoms with Crippen LogP contribution in [0, 0.1) is 25.7 Å². The Kier molecular flexibility index (Phi) is 4.59. The Balaban J connectivity index is 2.17. The van der Waals surface area contributed by atoms with Gasteiger partial charge < -0.3 is 5.11 Å². The highest BCUT2D eigenvalue weighted by atomic mass is 32.1. The first-order chi connectivity index (χ1) is 9.11. The van der Waals surface area contributed by atoms with E-state index in [1.54, 1.807) is 15.9 Å². The lowest BCUT2D eigenvalue weighted by atomic mass is 10.3. The molecule has 5 heteroatoms. The molecule has 0 spiro atoms. The molecule has 1 N–H and O–H groups in total. The Labute approximate surface area is 120 Å². The van der Waals surface area contributed by atoms with E-state index in [1.165, 1.54) is 11.3 Å². The van der Waals surface area contributed by atoms with Gasteiger partial charge in [0.25, 0.3) is 0 Å². The van der Waals surface area contributed by atoms with Crippen molar-refractivity contribution in [2.75, 3.05) is 6.61 Å². The number of aryl methyl sites for hydroxylation is 1. The second kappa shape index (κ2) is 6.20. The zero-order valence-corrected chi connectivity index (χ0v) is 12.5. The predicted octanol–water partition coefficient (Wildman–Crippen LogP) is 2.37. The van der Waals surface area contributed by atoms with Crippen LogP contribution in [0.1, 0.15) is 27.4 Å². The van der Waals surface area contributed by atoms with Gasteiger partial charge >= 0.3 is 4.87 Å². The summed E-state index contributed by atoms with van der Waals surface area (Å²) in [5, 5.41) is 10.7. The molecule has 2 rings (SSSR count). The molecular weight excluding hydrogens is 278 g/mol. The highest BCUT2D eigenvalue weighted by molar-refractivity contribution is 7.10. The molecule has 0 radical (unpaired) electrons. The minimum atomic E-state index is 0.0900. The zero-order chi connectivity index (χ0) is 13.8. The van der Waals surface area contributed by atoms with Gasteiger partial charge in [0.05, 0.1) is 13.2 Å². The van der Waals surface area contributed by atoms with Gasteiger partial charge in [0, 0.05) is 32.8 Å². The molecule has 0 aliphatic rings. The molecule has 2 aromatic rings. The van der Waals surface area contributed by atoms with Gasteiger partial charge in [0.15, 0.2) is 0 Å². The van der Waals surface area contributed by atoms with E-state index < -0.39 is 0 Å². The summed E-state index contributed by atoms with van der Waals surface area (Å²) in [6.07, 6.45) is 0.494. The second-order valence-electron chi connectivity index (χ2n) is 4.17. The highest BCUT2D eigenvalue weighted by Gasteiger charge is 2.08. The number of aromatic nitrogens is 1. The van der Waals surface area contributed by atoms with Crippen LogP contribution in [0.2, 0.25) is 0 Å². The van der Waals surface area contributed by atoms with Gasteiger partial charge in [-0.15, -0.1) is 11.3 Å². The molecule has 0 saturated heterocycles. The molecule has 0 atom stereocenters. The van der Waals surface area contributed by atoms with Crippen LogP contribution in [-0.4, -0.2) is 16.3 Å². The maximum atomic E-state index is 11.8. The first-order valence-electron chi connectivity index (χ1n) is 5.96. The summed E-state index contributed by atoms with van der Waals surface area (Å²) in [6.45, 7) is 4.65. The number of rotatable bonds is 3. The molecule has 19 heavy (non-hydrogen) atoms. The third-order valence-electron chi connectivity index (χ3n) is 2.81. The number of aliphatic hydroxyl groups is 1. The fourth-order valence-electron chi connectivity index (χ4n) is 1.68. The monoisotopic (exact) mass is 293 g/mol. The van der Waals surface area contributed by atoms with E-state index in [1.807, 2.05) is 25.3 Å². The largest absolute Gasteiger partial charge is 0.395 e. The fraction of sp³-hybridized carbons (Fsp3) is 0.357. The molecule has 0 bridgehead atoms. The minimum Gasteiger partial charge on any atom is -0.395 e. The molecular formula is C14H15NO2S2. The predicted molar refractivity (Wildman–Crippen MR) is 80.1 cm³/mol. The lowest BCUT2D eigenvalue weighted by Gasteiger charge is -2.01. The average Bonchev–Trinajstić information content (AvgIpc) is 2.91. The van der Waals surface area contributed by atoms with Crippen molar-refractivity contribution in [1.29, 1.82) is 0 Å². The van der Waals surface area contributed by atoms with Gasteiger partial charge in [0.1, 0.15) is 0 Å². The number of nitrogens with zero attached hydrogens (tertiary/aromatic N) is 1. The van der Waals surface area contributed by atoms with Crippen molar-refractivity contribution < 1.29 is 5.11 Å². The van der Waals surface area contributed by atoms with Crippen molar-refractivity contribution >= 4 is 22.7 Å². The van der Waals surface area contributed by atoms with Crippen LogP contribution < -0.4 is 4.87 Å². The van der Waals surface area contributed by atoms with E-state index in [9.17, 15) is 4.79 Å². The Morgan fingerprint density at radius 3 is 2.84 bits per heavy atom. The smallest absolute Gasteiger partial charge is 0.307 e. The van der Waals surface area contributed by atoms with Gasteiger partial charge in [-0.3, -0.25) is 9.36 Å². The van der Waals surface area contributed by atoms with Gasteiger partial charge in [0.2, 0.25) is 0 Å². The van der Waals surface area contributed by atoms with Crippen LogP contribution in [0.5, 0.6) is 0 Å². The second-order valence-corrected chi connectivity index (χ2v) is 6.33. The summed E-state index contributed by atoms with van der Waals surface area (Å²) in [7, 11) is 0. The lowest BCUT2D eigenvalue weighted by molar-refractivity contribution is 0.305. The summed E-state index contributed by atoms with van der Waals surface area (Å²) in [6, 6.07) is 2.01. The summed E-state index contributed by atoms with van der Waals surface area (Å²) in [5.41, 5.74) is 1.99. The summed E-state index contributed by atoms with van der Waals surface area (Å²) < 4.78 is 1.80. The molecule has 0 amide bonds. The van der Waals surface area contributed by atoms with Gasteiger partial charge in [-0.05, 0) is 19.9 Å². The number of thiophene rings is 1. The zero-order valence-electron chi connectivity index (χ0n) is 10.9. The molecule has 2 heterocycles. The summed E-state index contributed by atoms with van der Waals surface area (Å²) >= 11 is 2.90. The SMILES string of the molecule is Cc1sc(=O)n(Cc2cc(C#CCCO)cs2)c1C. The molecule has 0 saturated carbocycles. The summed E-state index contributed by atoms with van der Waals surface area (Å²) in [4.78, 5) is 14.1. The third-order valence-corrected chi connectivity index (χ3v) is 4.73. The van der Waals surface area contributed by atoms with Crippen LogP contribution in [0.15, 0.2) is 16.2 Å². The Morgan fingerprint density at radius 1 is 1.42 bits per heavy atom. The molecule has 0 aliphatic carbocycles. The first-order valence-corrected chi connectivity index (χ1v) is 7.65. The molecule has 0 unspecified atom stereocenters. The van der Waals surface area contributed by atoms with Crippen molar-refractivity contribution in [1.82, 2.24) is 4.57 Å². The van der Waals surface area contributed by atoms with E-state index in [0.717, 1.165) is 21.0 Å². The van der Waals surface area contributed by atoms with Gasteiger partial charge in [-0.25, -0.2) is 0 Å². The minimum absolute atomic E-state index is 0.0900. The van der Waals surface area contributed by atoms with Crippen LogP contribution in [0.4, 0.5) is 0 Å². The van der Waals surface area contributed by atoms with E-state index >= 15 is 0 Å². The Hall–Kier alpha value is -1.35. The molecule has 0 aromatic carbocycles. The normalized spacial score (nSPS) is 10.3. The lowest BCUT2D eigenvalue weighted by Crippen LogP contribution is -2.14. The van der Waals surface area contributed by atoms with Crippen molar-refractivity contribution in [3.63, 3.8) is 0 Å². The van der Waals surface area contributed by atoms with Crippen molar-refractivity contribution in [3.8, 4) is 11.8 Å². The Morgan fingerprint density at radius 2 is 2.21 bits per heavy atom. The Bertz CT molecular complexity index is 682.